The Labute approximate surface area is 167 Å². The van der Waals surface area contributed by atoms with E-state index in [0.29, 0.717) is 23.9 Å². The SMILES string of the molecule is CCCCCCCC[P@@](=O)(O[C@@H]1C[C@H](C)CC[C@H]1C(C)C)c1ccccc1. The van der Waals surface area contributed by atoms with Crippen LogP contribution in [0.4, 0.5) is 0 Å². The molecule has 1 saturated carbocycles. The number of unbranched alkanes of at least 4 members (excludes halogenated alkanes) is 5. The molecule has 4 atom stereocenters. The molecule has 0 aromatic heterocycles. The number of hydrogen-bond donors (Lipinski definition) is 0. The fourth-order valence-electron chi connectivity index (χ4n) is 4.45. The zero-order valence-corrected chi connectivity index (χ0v) is 18.9. The Hall–Kier alpha value is -0.590. The Morgan fingerprint density at radius 2 is 1.70 bits per heavy atom. The summed E-state index contributed by atoms with van der Waals surface area (Å²) in [5.41, 5.74) is 0. The molecule has 0 bridgehead atoms. The van der Waals surface area contributed by atoms with Gasteiger partial charge in [0.05, 0.1) is 6.10 Å². The van der Waals surface area contributed by atoms with Crippen molar-refractivity contribution in [2.24, 2.45) is 17.8 Å². The summed E-state index contributed by atoms with van der Waals surface area (Å²) in [5, 5.41) is 0.916. The molecule has 0 spiro atoms. The van der Waals surface area contributed by atoms with Gasteiger partial charge in [0, 0.05) is 11.5 Å². The first-order chi connectivity index (χ1) is 13.0. The smallest absolute Gasteiger partial charge is 0.232 e. The van der Waals surface area contributed by atoms with Crippen LogP contribution in [0.2, 0.25) is 0 Å². The molecule has 2 rings (SSSR count). The molecule has 0 unspecified atom stereocenters. The van der Waals surface area contributed by atoms with Crippen LogP contribution in [-0.4, -0.2) is 12.3 Å². The molecular weight excluding hydrogens is 351 g/mol. The fourth-order valence-corrected chi connectivity index (χ4v) is 6.88. The van der Waals surface area contributed by atoms with Crippen molar-refractivity contribution < 1.29 is 9.09 Å². The Morgan fingerprint density at radius 3 is 2.37 bits per heavy atom. The first kappa shape index (κ1) is 22.7. The van der Waals surface area contributed by atoms with Gasteiger partial charge >= 0.3 is 0 Å². The average Bonchev–Trinajstić information content (AvgIpc) is 2.65. The van der Waals surface area contributed by atoms with Gasteiger partial charge in [-0.15, -0.1) is 0 Å². The van der Waals surface area contributed by atoms with Crippen molar-refractivity contribution in [1.29, 1.82) is 0 Å². The van der Waals surface area contributed by atoms with Crippen LogP contribution in [0.3, 0.4) is 0 Å². The molecule has 1 aliphatic rings. The van der Waals surface area contributed by atoms with Crippen molar-refractivity contribution in [3.8, 4) is 0 Å². The fraction of sp³-hybridized carbons (Fsp3) is 0.750. The van der Waals surface area contributed by atoms with Gasteiger partial charge in [-0.25, -0.2) is 0 Å². The van der Waals surface area contributed by atoms with Gasteiger partial charge < -0.3 is 4.52 Å². The molecule has 2 nitrogen and oxygen atoms in total. The molecule has 27 heavy (non-hydrogen) atoms. The molecule has 0 aliphatic heterocycles. The topological polar surface area (TPSA) is 26.3 Å². The summed E-state index contributed by atoms with van der Waals surface area (Å²) in [6.07, 6.45) is 11.6. The highest BCUT2D eigenvalue weighted by atomic mass is 31.2. The van der Waals surface area contributed by atoms with Crippen molar-refractivity contribution in [2.75, 3.05) is 6.16 Å². The lowest BCUT2D eigenvalue weighted by Crippen LogP contribution is -2.34. The van der Waals surface area contributed by atoms with Crippen molar-refractivity contribution in [2.45, 2.75) is 91.6 Å². The first-order valence-corrected chi connectivity index (χ1v) is 13.1. The van der Waals surface area contributed by atoms with Gasteiger partial charge in [0.25, 0.3) is 0 Å². The normalized spacial score (nSPS) is 25.4. The number of hydrogen-bond acceptors (Lipinski definition) is 2. The molecule has 3 heteroatoms. The lowest BCUT2D eigenvalue weighted by atomic mass is 9.75. The van der Waals surface area contributed by atoms with Gasteiger partial charge in [-0.1, -0.05) is 84.4 Å². The van der Waals surface area contributed by atoms with E-state index in [1.54, 1.807) is 0 Å². The highest BCUT2D eigenvalue weighted by Gasteiger charge is 2.37. The van der Waals surface area contributed by atoms with Crippen LogP contribution in [-0.2, 0) is 9.09 Å². The zero-order chi connectivity index (χ0) is 19.7. The Balaban J connectivity index is 2.08. The van der Waals surface area contributed by atoms with Crippen molar-refractivity contribution >= 4 is 12.7 Å². The lowest BCUT2D eigenvalue weighted by molar-refractivity contribution is 0.0498. The number of rotatable bonds is 11. The quantitative estimate of drug-likeness (QED) is 0.289. The summed E-state index contributed by atoms with van der Waals surface area (Å²) in [6.45, 7) is 9.14. The van der Waals surface area contributed by atoms with E-state index in [4.69, 9.17) is 4.52 Å². The highest BCUT2D eigenvalue weighted by molar-refractivity contribution is 7.67. The molecule has 0 amide bonds. The van der Waals surface area contributed by atoms with E-state index in [-0.39, 0.29) is 6.10 Å². The standard InChI is InChI=1S/C24H41O2P/c1-5-6-7-8-9-13-18-27(25,22-14-11-10-12-15-22)26-24-19-21(4)16-17-23(24)20(2)3/h10-12,14-15,20-21,23-24H,5-9,13,16-19H2,1-4H3/t21-,23+,24-,27-/m1/s1. The minimum atomic E-state index is -2.80. The van der Waals surface area contributed by atoms with Crippen molar-refractivity contribution in [1.82, 2.24) is 0 Å². The molecule has 0 heterocycles. The minimum Gasteiger partial charge on any atom is -0.322 e. The van der Waals surface area contributed by atoms with Crippen molar-refractivity contribution in [3.05, 3.63) is 30.3 Å². The van der Waals surface area contributed by atoms with E-state index in [2.05, 4.69) is 27.7 Å². The monoisotopic (exact) mass is 392 g/mol. The maximum absolute atomic E-state index is 14.0. The second-order valence-electron chi connectivity index (χ2n) is 8.97. The predicted octanol–water partition coefficient (Wildman–Crippen LogP) is 7.43. The molecular formula is C24H41O2P. The van der Waals surface area contributed by atoms with E-state index in [9.17, 15) is 4.57 Å². The van der Waals surface area contributed by atoms with Crippen LogP contribution in [0, 0.1) is 17.8 Å². The van der Waals surface area contributed by atoms with E-state index in [1.165, 1.54) is 38.5 Å². The maximum atomic E-state index is 14.0. The lowest BCUT2D eigenvalue weighted by Gasteiger charge is -2.39. The molecule has 0 radical (unpaired) electrons. The Bertz CT molecular complexity index is 569. The molecule has 0 N–H and O–H groups in total. The van der Waals surface area contributed by atoms with Crippen LogP contribution in [0.5, 0.6) is 0 Å². The maximum Gasteiger partial charge on any atom is 0.232 e. The molecule has 1 fully saturated rings. The summed E-state index contributed by atoms with van der Waals surface area (Å²) in [5.74, 6) is 1.78. The number of benzene rings is 1. The van der Waals surface area contributed by atoms with E-state index in [0.717, 1.165) is 24.6 Å². The van der Waals surface area contributed by atoms with Gasteiger partial charge in [-0.2, -0.15) is 0 Å². The molecule has 154 valence electrons. The molecule has 1 aromatic rings. The van der Waals surface area contributed by atoms with E-state index < -0.39 is 7.37 Å². The largest absolute Gasteiger partial charge is 0.322 e. The van der Waals surface area contributed by atoms with Crippen LogP contribution >= 0.6 is 7.37 Å². The average molecular weight is 393 g/mol. The zero-order valence-electron chi connectivity index (χ0n) is 18.0. The van der Waals surface area contributed by atoms with Crippen LogP contribution in [0.15, 0.2) is 30.3 Å². The predicted molar refractivity (Wildman–Crippen MR) is 118 cm³/mol. The third-order valence-corrected chi connectivity index (χ3v) is 8.82. The summed E-state index contributed by atoms with van der Waals surface area (Å²) < 4.78 is 20.6. The van der Waals surface area contributed by atoms with E-state index in [1.807, 2.05) is 30.3 Å². The summed E-state index contributed by atoms with van der Waals surface area (Å²) >= 11 is 0. The minimum absolute atomic E-state index is 0.139. The molecule has 0 saturated heterocycles. The van der Waals surface area contributed by atoms with Gasteiger partial charge in [0.2, 0.25) is 7.37 Å². The first-order valence-electron chi connectivity index (χ1n) is 11.3. The van der Waals surface area contributed by atoms with Crippen LogP contribution in [0.25, 0.3) is 0 Å². The van der Waals surface area contributed by atoms with Gasteiger partial charge in [-0.3, -0.25) is 4.57 Å². The van der Waals surface area contributed by atoms with Crippen LogP contribution < -0.4 is 5.30 Å². The molecule has 1 aromatic carbocycles. The van der Waals surface area contributed by atoms with E-state index >= 15 is 0 Å². The third kappa shape index (κ3) is 7.06. The molecule has 1 aliphatic carbocycles. The Morgan fingerprint density at radius 1 is 1.04 bits per heavy atom. The van der Waals surface area contributed by atoms with Gasteiger partial charge in [-0.05, 0) is 49.1 Å². The second kappa shape index (κ2) is 11.4. The highest BCUT2D eigenvalue weighted by Crippen LogP contribution is 2.51. The summed E-state index contributed by atoms with van der Waals surface area (Å²) in [4.78, 5) is 0. The van der Waals surface area contributed by atoms with Crippen LogP contribution in [0.1, 0.15) is 85.5 Å². The third-order valence-electron chi connectivity index (χ3n) is 6.22. The van der Waals surface area contributed by atoms with Gasteiger partial charge in [0.15, 0.2) is 0 Å². The Kier molecular flexibility index (Phi) is 9.60. The van der Waals surface area contributed by atoms with Crippen molar-refractivity contribution in [3.63, 3.8) is 0 Å². The summed E-state index contributed by atoms with van der Waals surface area (Å²) in [7, 11) is -2.80. The second-order valence-corrected chi connectivity index (χ2v) is 11.5. The summed E-state index contributed by atoms with van der Waals surface area (Å²) in [6, 6.07) is 10.0. The van der Waals surface area contributed by atoms with Gasteiger partial charge in [0.1, 0.15) is 0 Å².